The zero-order chi connectivity index (χ0) is 29.8. The predicted octanol–water partition coefficient (Wildman–Crippen LogP) is 2.52. The van der Waals surface area contributed by atoms with Crippen LogP contribution in [0.15, 0.2) is 36.7 Å². The summed E-state index contributed by atoms with van der Waals surface area (Å²) in [6.45, 7) is 1.16. The summed E-state index contributed by atoms with van der Waals surface area (Å²) in [6, 6.07) is 7.01. The molecule has 0 spiro atoms. The number of aliphatic hydroxyl groups is 1. The van der Waals surface area contributed by atoms with Crippen LogP contribution in [0.2, 0.25) is 0 Å². The van der Waals surface area contributed by atoms with Crippen LogP contribution in [0, 0.1) is 0 Å². The SMILES string of the molecule is CCOC(=O)[C@H](C)N[P@@](=O)(OCC[C@H]1O[C@@H](n2cnc3c(NC)nc(N)nc32)[C@@](F)(CF)[C@@H]1O)Oc1ccccc1. The number of hydrogen-bond acceptors (Lipinski definition) is 12. The summed E-state index contributed by atoms with van der Waals surface area (Å²) in [5.74, 6) is -0.381. The summed E-state index contributed by atoms with van der Waals surface area (Å²) in [5.41, 5.74) is 3.16. The van der Waals surface area contributed by atoms with Crippen LogP contribution in [0.5, 0.6) is 5.75 Å². The van der Waals surface area contributed by atoms with Gasteiger partial charge < -0.3 is 30.2 Å². The molecule has 0 bridgehead atoms. The standard InChI is InChI=1S/C24H32F2N7O7P/c1-4-37-21(35)14(2)32-41(36,40-15-8-6-5-7-9-15)38-11-10-16-18(34)24(26,12-25)22(39-16)33-13-29-17-19(28-3)30-23(27)31-20(17)33/h5-9,13-14,16,18,22,34H,4,10-12H2,1-3H3,(H,32,36)(H3,27,28,30,31)/t14-,16+,18+,22+,24+,41+/m0/s1. The molecule has 1 aliphatic rings. The molecule has 0 saturated carbocycles. The summed E-state index contributed by atoms with van der Waals surface area (Å²) >= 11 is 0. The molecule has 1 aromatic carbocycles. The van der Waals surface area contributed by atoms with Gasteiger partial charge in [-0.15, -0.1) is 0 Å². The lowest BCUT2D eigenvalue weighted by Gasteiger charge is -2.26. The number of esters is 1. The summed E-state index contributed by atoms with van der Waals surface area (Å²) in [5, 5.41) is 16.1. The van der Waals surface area contributed by atoms with E-state index in [4.69, 9.17) is 24.3 Å². The summed E-state index contributed by atoms with van der Waals surface area (Å²) in [7, 11) is -2.63. The molecule has 0 aliphatic carbocycles. The molecular formula is C24H32F2N7O7P. The van der Waals surface area contributed by atoms with Crippen LogP contribution < -0.4 is 20.7 Å². The zero-order valence-electron chi connectivity index (χ0n) is 22.6. The number of nitrogens with zero attached hydrogens (tertiary/aromatic N) is 4. The minimum atomic E-state index is -4.21. The van der Waals surface area contributed by atoms with E-state index in [1.165, 1.54) is 25.4 Å². The fourth-order valence-corrected chi connectivity index (χ4v) is 5.82. The number of fused-ring (bicyclic) bond motifs is 1. The maximum Gasteiger partial charge on any atom is 0.459 e. The Balaban J connectivity index is 1.52. The molecule has 41 heavy (non-hydrogen) atoms. The van der Waals surface area contributed by atoms with Gasteiger partial charge in [0.2, 0.25) is 11.6 Å². The van der Waals surface area contributed by atoms with Gasteiger partial charge in [0.05, 0.1) is 25.6 Å². The highest BCUT2D eigenvalue weighted by Gasteiger charge is 2.58. The second-order valence-corrected chi connectivity index (χ2v) is 10.9. The molecule has 1 aliphatic heterocycles. The van der Waals surface area contributed by atoms with Crippen LogP contribution in [0.3, 0.4) is 0 Å². The molecule has 4 rings (SSSR count). The Morgan fingerprint density at radius 3 is 2.73 bits per heavy atom. The molecule has 14 nitrogen and oxygen atoms in total. The Morgan fingerprint density at radius 2 is 2.07 bits per heavy atom. The van der Waals surface area contributed by atoms with Crippen molar-refractivity contribution >= 4 is 36.6 Å². The summed E-state index contributed by atoms with van der Waals surface area (Å²) in [4.78, 5) is 24.4. The Labute approximate surface area is 234 Å². The lowest BCUT2D eigenvalue weighted by molar-refractivity contribution is -0.144. The van der Waals surface area contributed by atoms with E-state index in [0.29, 0.717) is 0 Å². The van der Waals surface area contributed by atoms with Gasteiger partial charge in [0.1, 0.15) is 24.6 Å². The second kappa shape index (κ2) is 12.6. The lowest BCUT2D eigenvalue weighted by Crippen LogP contribution is -2.44. The number of imidazole rings is 1. The van der Waals surface area contributed by atoms with E-state index in [1.54, 1.807) is 32.2 Å². The van der Waals surface area contributed by atoms with Crippen LogP contribution in [0.1, 0.15) is 26.5 Å². The van der Waals surface area contributed by atoms with Gasteiger partial charge in [0, 0.05) is 13.5 Å². The third-order valence-electron chi connectivity index (χ3n) is 6.32. The Morgan fingerprint density at radius 1 is 1.34 bits per heavy atom. The van der Waals surface area contributed by atoms with Gasteiger partial charge in [-0.25, -0.2) is 18.3 Å². The van der Waals surface area contributed by atoms with Crippen molar-refractivity contribution < 1.29 is 41.8 Å². The van der Waals surface area contributed by atoms with E-state index in [9.17, 15) is 18.9 Å². The van der Waals surface area contributed by atoms with E-state index in [-0.39, 0.29) is 41.7 Å². The summed E-state index contributed by atoms with van der Waals surface area (Å²) < 4.78 is 66.6. The molecule has 1 saturated heterocycles. The molecule has 6 atom stereocenters. The summed E-state index contributed by atoms with van der Waals surface area (Å²) in [6.07, 6.45) is -3.96. The Bertz CT molecular complexity index is 1400. The highest BCUT2D eigenvalue weighted by atomic mass is 31.2. The number of halogens is 2. The number of carbonyl (C=O) groups excluding carboxylic acids is 1. The average molecular weight is 600 g/mol. The molecule has 1 fully saturated rings. The van der Waals surface area contributed by atoms with Gasteiger partial charge in [0.15, 0.2) is 23.2 Å². The first kappa shape index (κ1) is 30.5. The molecule has 0 unspecified atom stereocenters. The molecule has 2 aromatic heterocycles. The van der Waals surface area contributed by atoms with Crippen LogP contribution >= 0.6 is 7.75 Å². The van der Waals surface area contributed by atoms with Crippen molar-refractivity contribution in [2.75, 3.05) is 38.0 Å². The number of aliphatic hydroxyl groups excluding tert-OH is 1. The number of para-hydroxylation sites is 1. The third kappa shape index (κ3) is 6.41. The molecule has 5 N–H and O–H groups in total. The first-order valence-electron chi connectivity index (χ1n) is 12.7. The largest absolute Gasteiger partial charge is 0.465 e. The van der Waals surface area contributed by atoms with Gasteiger partial charge in [-0.05, 0) is 26.0 Å². The number of alkyl halides is 2. The average Bonchev–Trinajstić information content (AvgIpc) is 3.47. The topological polar surface area (TPSA) is 185 Å². The van der Waals surface area contributed by atoms with Crippen molar-refractivity contribution in [1.29, 1.82) is 0 Å². The van der Waals surface area contributed by atoms with E-state index < -0.39 is 57.1 Å². The Hall–Kier alpha value is -3.43. The number of anilines is 2. The highest BCUT2D eigenvalue weighted by molar-refractivity contribution is 7.52. The molecule has 3 aromatic rings. The molecule has 0 amide bonds. The first-order chi connectivity index (χ1) is 19.5. The number of rotatable bonds is 13. The van der Waals surface area contributed by atoms with Crippen molar-refractivity contribution in [3.8, 4) is 5.75 Å². The zero-order valence-corrected chi connectivity index (χ0v) is 23.5. The molecule has 17 heteroatoms. The smallest absolute Gasteiger partial charge is 0.459 e. The number of benzene rings is 1. The van der Waals surface area contributed by atoms with Crippen molar-refractivity contribution in [2.24, 2.45) is 0 Å². The fourth-order valence-electron chi connectivity index (χ4n) is 4.31. The number of nitrogens with two attached hydrogens (primary N) is 1. The lowest BCUT2D eigenvalue weighted by atomic mass is 9.96. The maximum atomic E-state index is 15.9. The maximum absolute atomic E-state index is 15.9. The number of hydrogen-bond donors (Lipinski definition) is 4. The van der Waals surface area contributed by atoms with Crippen molar-refractivity contribution in [3.05, 3.63) is 36.7 Å². The number of aromatic nitrogens is 4. The van der Waals surface area contributed by atoms with Gasteiger partial charge in [0.25, 0.3) is 0 Å². The van der Waals surface area contributed by atoms with Crippen LogP contribution in [0.25, 0.3) is 11.2 Å². The number of ether oxygens (including phenoxy) is 2. The van der Waals surface area contributed by atoms with Gasteiger partial charge in [-0.2, -0.15) is 15.1 Å². The van der Waals surface area contributed by atoms with Crippen molar-refractivity contribution in [3.63, 3.8) is 0 Å². The fraction of sp³-hybridized carbons (Fsp3) is 0.500. The second-order valence-electron chi connectivity index (χ2n) is 9.16. The van der Waals surface area contributed by atoms with Crippen LogP contribution in [-0.2, 0) is 23.4 Å². The van der Waals surface area contributed by atoms with E-state index in [2.05, 4.69) is 25.4 Å². The van der Waals surface area contributed by atoms with E-state index in [0.717, 1.165) is 4.57 Å². The van der Waals surface area contributed by atoms with Crippen LogP contribution in [0.4, 0.5) is 20.5 Å². The molecule has 0 radical (unpaired) electrons. The molecular weight excluding hydrogens is 567 g/mol. The van der Waals surface area contributed by atoms with E-state index in [1.807, 2.05) is 0 Å². The highest BCUT2D eigenvalue weighted by Crippen LogP contribution is 2.47. The van der Waals surface area contributed by atoms with Gasteiger partial charge in [-0.3, -0.25) is 13.9 Å². The van der Waals surface area contributed by atoms with Crippen molar-refractivity contribution in [2.45, 2.75) is 50.4 Å². The minimum Gasteiger partial charge on any atom is -0.465 e. The molecule has 3 heterocycles. The first-order valence-corrected chi connectivity index (χ1v) is 14.3. The normalized spacial score (nSPS) is 24.6. The van der Waals surface area contributed by atoms with Gasteiger partial charge >= 0.3 is 13.7 Å². The van der Waals surface area contributed by atoms with Crippen LogP contribution in [-0.4, -0.2) is 81.4 Å². The number of carbonyl (C=O) groups is 1. The third-order valence-corrected chi connectivity index (χ3v) is 7.99. The molecule has 224 valence electrons. The van der Waals surface area contributed by atoms with E-state index >= 15 is 4.39 Å². The monoisotopic (exact) mass is 599 g/mol. The predicted molar refractivity (Wildman–Crippen MR) is 143 cm³/mol. The number of nitrogens with one attached hydrogen (secondary N) is 2. The number of nitrogen functional groups attached to an aromatic ring is 1. The Kier molecular flexibility index (Phi) is 9.39. The van der Waals surface area contributed by atoms with Gasteiger partial charge in [-0.1, -0.05) is 18.2 Å². The minimum absolute atomic E-state index is 0.0596. The van der Waals surface area contributed by atoms with Crippen molar-refractivity contribution in [1.82, 2.24) is 24.6 Å². The quantitative estimate of drug-likeness (QED) is 0.166.